The molecule has 0 aromatic carbocycles. The molecule has 3 aliphatic rings. The normalized spacial score (nSPS) is 40.1. The van der Waals surface area contributed by atoms with Crippen molar-refractivity contribution in [2.24, 2.45) is 17.8 Å². The SMILES string of the molecule is C=C1C(=O)O[C@@H]2[C@H]3C(C)=CC[C@H]3C(C)=CC[C@@H]12. The Kier molecular flexibility index (Phi) is 2.29. The third-order valence-corrected chi connectivity index (χ3v) is 4.64. The summed E-state index contributed by atoms with van der Waals surface area (Å²) >= 11 is 0. The van der Waals surface area contributed by atoms with Crippen LogP contribution < -0.4 is 0 Å². The summed E-state index contributed by atoms with van der Waals surface area (Å²) in [6, 6.07) is 0. The number of esters is 1. The number of ether oxygens (including phenoxy) is 1. The molecule has 90 valence electrons. The second kappa shape index (κ2) is 3.59. The van der Waals surface area contributed by atoms with Gasteiger partial charge in [0.2, 0.25) is 0 Å². The van der Waals surface area contributed by atoms with Crippen molar-refractivity contribution in [1.29, 1.82) is 0 Å². The molecular weight excluding hydrogens is 212 g/mol. The van der Waals surface area contributed by atoms with Gasteiger partial charge in [0.15, 0.2) is 0 Å². The monoisotopic (exact) mass is 230 g/mol. The standard InChI is InChI=1S/C15H18O2/c1-8-4-7-12-10(3)15(16)17-14(12)13-9(2)5-6-11(8)13/h4-5,11-14H,3,6-7H2,1-2H3/t11-,12-,13-,14-/m0/s1. The lowest BCUT2D eigenvalue weighted by atomic mass is 9.79. The maximum atomic E-state index is 11.7. The predicted octanol–water partition coefficient (Wildman–Crippen LogP) is 3.02. The molecule has 0 aromatic rings. The number of rotatable bonds is 0. The molecule has 0 amide bonds. The summed E-state index contributed by atoms with van der Waals surface area (Å²) in [7, 11) is 0. The van der Waals surface area contributed by atoms with E-state index >= 15 is 0 Å². The quantitative estimate of drug-likeness (QED) is 0.363. The Labute approximate surface area is 102 Å². The van der Waals surface area contributed by atoms with Crippen LogP contribution in [0.1, 0.15) is 26.7 Å². The average molecular weight is 230 g/mol. The van der Waals surface area contributed by atoms with E-state index in [1.165, 1.54) is 11.1 Å². The van der Waals surface area contributed by atoms with Crippen LogP contribution in [0, 0.1) is 17.8 Å². The van der Waals surface area contributed by atoms with E-state index in [-0.39, 0.29) is 18.0 Å². The summed E-state index contributed by atoms with van der Waals surface area (Å²) in [4.78, 5) is 11.7. The highest BCUT2D eigenvalue weighted by Gasteiger charge is 2.48. The summed E-state index contributed by atoms with van der Waals surface area (Å²) in [6.45, 7) is 8.27. The van der Waals surface area contributed by atoms with Gasteiger partial charge in [0.25, 0.3) is 0 Å². The number of carbonyl (C=O) groups is 1. The highest BCUT2D eigenvalue weighted by Crippen LogP contribution is 2.48. The molecule has 2 nitrogen and oxygen atoms in total. The summed E-state index contributed by atoms with van der Waals surface area (Å²) < 4.78 is 5.58. The maximum absolute atomic E-state index is 11.7. The van der Waals surface area contributed by atoms with Gasteiger partial charge >= 0.3 is 5.97 Å². The smallest absolute Gasteiger partial charge is 0.334 e. The molecule has 1 aliphatic heterocycles. The minimum atomic E-state index is -0.189. The topological polar surface area (TPSA) is 26.3 Å². The molecule has 0 saturated carbocycles. The molecule has 0 radical (unpaired) electrons. The summed E-state index contributed by atoms with van der Waals surface area (Å²) in [6.07, 6.45) is 6.59. The first-order valence-electron chi connectivity index (χ1n) is 6.32. The second-order valence-corrected chi connectivity index (χ2v) is 5.50. The molecular formula is C15H18O2. The van der Waals surface area contributed by atoms with Gasteiger partial charge in [0.1, 0.15) is 6.10 Å². The second-order valence-electron chi connectivity index (χ2n) is 5.50. The lowest BCUT2D eigenvalue weighted by Gasteiger charge is -2.27. The number of hydrogen-bond donors (Lipinski definition) is 0. The van der Waals surface area contributed by atoms with Crippen LogP contribution in [0.25, 0.3) is 0 Å². The van der Waals surface area contributed by atoms with Crippen LogP contribution >= 0.6 is 0 Å². The van der Waals surface area contributed by atoms with Crippen molar-refractivity contribution < 1.29 is 9.53 Å². The highest BCUT2D eigenvalue weighted by molar-refractivity contribution is 5.91. The van der Waals surface area contributed by atoms with Crippen molar-refractivity contribution in [3.05, 3.63) is 35.5 Å². The first-order valence-corrected chi connectivity index (χ1v) is 6.32. The van der Waals surface area contributed by atoms with Crippen LogP contribution in [-0.2, 0) is 9.53 Å². The highest BCUT2D eigenvalue weighted by atomic mass is 16.6. The van der Waals surface area contributed by atoms with Crippen LogP contribution in [0.2, 0.25) is 0 Å². The van der Waals surface area contributed by atoms with E-state index in [1.807, 2.05) is 0 Å². The van der Waals surface area contributed by atoms with E-state index in [9.17, 15) is 4.79 Å². The zero-order valence-electron chi connectivity index (χ0n) is 10.4. The van der Waals surface area contributed by atoms with Gasteiger partial charge in [-0.05, 0) is 32.6 Å². The third-order valence-electron chi connectivity index (χ3n) is 4.64. The molecule has 0 bridgehead atoms. The van der Waals surface area contributed by atoms with Crippen molar-refractivity contribution >= 4 is 5.97 Å². The van der Waals surface area contributed by atoms with Gasteiger partial charge in [0.05, 0.1) is 0 Å². The Morgan fingerprint density at radius 3 is 2.59 bits per heavy atom. The number of fused-ring (bicyclic) bond motifs is 3. The molecule has 17 heavy (non-hydrogen) atoms. The lowest BCUT2D eigenvalue weighted by molar-refractivity contribution is -0.141. The fourth-order valence-electron chi connectivity index (χ4n) is 3.57. The molecule has 0 N–H and O–H groups in total. The molecule has 0 spiro atoms. The molecule has 1 heterocycles. The molecule has 2 aliphatic carbocycles. The third kappa shape index (κ3) is 1.43. The van der Waals surface area contributed by atoms with Crippen LogP contribution in [-0.4, -0.2) is 12.1 Å². The van der Waals surface area contributed by atoms with Crippen LogP contribution in [0.3, 0.4) is 0 Å². The zero-order valence-corrected chi connectivity index (χ0v) is 10.4. The Hall–Kier alpha value is -1.31. The molecule has 4 atom stereocenters. The van der Waals surface area contributed by atoms with E-state index in [0.717, 1.165) is 12.8 Å². The number of carbonyl (C=O) groups excluding carboxylic acids is 1. The van der Waals surface area contributed by atoms with E-state index in [2.05, 4.69) is 32.6 Å². The molecule has 3 rings (SSSR count). The fraction of sp³-hybridized carbons (Fsp3) is 0.533. The van der Waals surface area contributed by atoms with E-state index < -0.39 is 0 Å². The first kappa shape index (κ1) is 10.8. The van der Waals surface area contributed by atoms with Crippen LogP contribution in [0.4, 0.5) is 0 Å². The Morgan fingerprint density at radius 2 is 1.82 bits per heavy atom. The van der Waals surface area contributed by atoms with Crippen LogP contribution in [0.15, 0.2) is 35.5 Å². The largest absolute Gasteiger partial charge is 0.458 e. The van der Waals surface area contributed by atoms with Gasteiger partial charge in [-0.25, -0.2) is 4.79 Å². The lowest BCUT2D eigenvalue weighted by Crippen LogP contribution is -2.29. The summed E-state index contributed by atoms with van der Waals surface area (Å²) in [5.74, 6) is 0.908. The Balaban J connectivity index is 2.03. The van der Waals surface area contributed by atoms with Crippen molar-refractivity contribution in [3.8, 4) is 0 Å². The van der Waals surface area contributed by atoms with E-state index in [0.29, 0.717) is 17.4 Å². The van der Waals surface area contributed by atoms with Gasteiger partial charge < -0.3 is 4.74 Å². The summed E-state index contributed by atoms with van der Waals surface area (Å²) in [5, 5.41) is 0. The molecule has 0 unspecified atom stereocenters. The Morgan fingerprint density at radius 1 is 1.18 bits per heavy atom. The van der Waals surface area contributed by atoms with Crippen LogP contribution in [0.5, 0.6) is 0 Å². The van der Waals surface area contributed by atoms with Crippen molar-refractivity contribution in [2.75, 3.05) is 0 Å². The van der Waals surface area contributed by atoms with Gasteiger partial charge in [-0.3, -0.25) is 0 Å². The van der Waals surface area contributed by atoms with E-state index in [4.69, 9.17) is 4.74 Å². The first-order chi connectivity index (χ1) is 8.09. The number of allylic oxidation sites excluding steroid dienone is 3. The van der Waals surface area contributed by atoms with Crippen molar-refractivity contribution in [3.63, 3.8) is 0 Å². The number of hydrogen-bond acceptors (Lipinski definition) is 2. The van der Waals surface area contributed by atoms with Crippen molar-refractivity contribution in [1.82, 2.24) is 0 Å². The molecule has 1 fully saturated rings. The average Bonchev–Trinajstić information content (AvgIpc) is 2.75. The maximum Gasteiger partial charge on any atom is 0.334 e. The minimum Gasteiger partial charge on any atom is -0.458 e. The Bertz CT molecular complexity index is 456. The van der Waals surface area contributed by atoms with Gasteiger partial charge in [-0.2, -0.15) is 0 Å². The minimum absolute atomic E-state index is 0.0208. The fourth-order valence-corrected chi connectivity index (χ4v) is 3.57. The molecule has 1 saturated heterocycles. The molecule has 2 heteroatoms. The zero-order chi connectivity index (χ0) is 12.2. The predicted molar refractivity (Wildman–Crippen MR) is 66.2 cm³/mol. The summed E-state index contributed by atoms with van der Waals surface area (Å²) in [5.41, 5.74) is 3.49. The van der Waals surface area contributed by atoms with Crippen molar-refractivity contribution in [2.45, 2.75) is 32.8 Å². The molecule has 0 aromatic heterocycles. The van der Waals surface area contributed by atoms with Gasteiger partial charge in [-0.15, -0.1) is 0 Å². The van der Waals surface area contributed by atoms with E-state index in [1.54, 1.807) is 0 Å². The van der Waals surface area contributed by atoms with Gasteiger partial charge in [0, 0.05) is 17.4 Å². The van der Waals surface area contributed by atoms with Gasteiger partial charge in [-0.1, -0.05) is 29.9 Å².